The molecule has 5 nitrogen and oxygen atoms in total. The molecule has 0 aliphatic heterocycles. The van der Waals surface area contributed by atoms with Crippen LogP contribution in [0.15, 0.2) is 54.6 Å². The molecule has 0 saturated heterocycles. The van der Waals surface area contributed by atoms with Crippen LogP contribution in [0.4, 0.5) is 0 Å². The highest BCUT2D eigenvalue weighted by Crippen LogP contribution is 2.21. The number of rotatable bonds is 6. The van der Waals surface area contributed by atoms with E-state index in [1.54, 1.807) is 24.3 Å². The van der Waals surface area contributed by atoms with E-state index in [0.717, 1.165) is 31.4 Å². The summed E-state index contributed by atoms with van der Waals surface area (Å²) in [5, 5.41) is 2.93. The Kier molecular flexibility index (Phi) is 6.25. The van der Waals surface area contributed by atoms with Crippen LogP contribution in [0, 0.1) is 0 Å². The summed E-state index contributed by atoms with van der Waals surface area (Å²) in [7, 11) is 0. The van der Waals surface area contributed by atoms with Gasteiger partial charge in [0.25, 0.3) is 5.91 Å². The van der Waals surface area contributed by atoms with E-state index in [1.807, 2.05) is 30.3 Å². The largest absolute Gasteiger partial charge is 0.457 e. The van der Waals surface area contributed by atoms with E-state index in [-0.39, 0.29) is 18.6 Å². The van der Waals surface area contributed by atoms with Gasteiger partial charge in [0.1, 0.15) is 11.5 Å². The molecule has 0 bridgehead atoms. The molecule has 1 fully saturated rings. The number of para-hydroxylation sites is 1. The van der Waals surface area contributed by atoms with Crippen LogP contribution in [-0.4, -0.2) is 24.5 Å². The Bertz CT molecular complexity index is 721. The molecule has 5 heteroatoms. The molecule has 1 saturated carbocycles. The predicted molar refractivity (Wildman–Crippen MR) is 98.3 cm³/mol. The van der Waals surface area contributed by atoms with Gasteiger partial charge in [0.05, 0.1) is 5.56 Å². The number of benzene rings is 2. The maximum atomic E-state index is 12.1. The minimum Gasteiger partial charge on any atom is -0.457 e. The normalized spacial score (nSPS) is 14.5. The zero-order chi connectivity index (χ0) is 18.2. The van der Waals surface area contributed by atoms with Crippen molar-refractivity contribution < 1.29 is 19.1 Å². The van der Waals surface area contributed by atoms with Gasteiger partial charge in [0.2, 0.25) is 0 Å². The van der Waals surface area contributed by atoms with E-state index in [1.165, 1.54) is 6.42 Å². The van der Waals surface area contributed by atoms with Crippen molar-refractivity contribution in [1.29, 1.82) is 0 Å². The third-order valence-electron chi connectivity index (χ3n) is 4.37. The molecule has 2 aromatic rings. The molecule has 0 radical (unpaired) electrons. The molecule has 1 aliphatic rings. The van der Waals surface area contributed by atoms with Gasteiger partial charge < -0.3 is 14.8 Å². The van der Waals surface area contributed by atoms with Crippen molar-refractivity contribution in [3.05, 3.63) is 60.2 Å². The maximum absolute atomic E-state index is 12.1. The van der Waals surface area contributed by atoms with Gasteiger partial charge in [-0.25, -0.2) is 4.79 Å². The Balaban J connectivity index is 1.46. The van der Waals surface area contributed by atoms with Crippen LogP contribution >= 0.6 is 0 Å². The second-order valence-electron chi connectivity index (χ2n) is 6.42. The first kappa shape index (κ1) is 18.0. The third-order valence-corrected chi connectivity index (χ3v) is 4.37. The number of ether oxygens (including phenoxy) is 2. The van der Waals surface area contributed by atoms with Gasteiger partial charge in [-0.1, -0.05) is 37.5 Å². The highest BCUT2D eigenvalue weighted by Gasteiger charge is 2.17. The van der Waals surface area contributed by atoms with Crippen LogP contribution in [-0.2, 0) is 9.53 Å². The summed E-state index contributed by atoms with van der Waals surface area (Å²) in [5.41, 5.74) is 0.385. The summed E-state index contributed by atoms with van der Waals surface area (Å²) >= 11 is 0. The van der Waals surface area contributed by atoms with Crippen LogP contribution in [0.5, 0.6) is 11.5 Å². The van der Waals surface area contributed by atoms with Gasteiger partial charge >= 0.3 is 5.97 Å². The summed E-state index contributed by atoms with van der Waals surface area (Å²) in [6.45, 7) is -0.252. The zero-order valence-electron chi connectivity index (χ0n) is 14.6. The molecular formula is C21H23NO4. The Hall–Kier alpha value is -2.82. The fourth-order valence-electron chi connectivity index (χ4n) is 3.01. The number of carbonyl (C=O) groups is 2. The zero-order valence-corrected chi connectivity index (χ0v) is 14.6. The third kappa shape index (κ3) is 5.34. The summed E-state index contributed by atoms with van der Waals surface area (Å²) < 4.78 is 10.8. The Morgan fingerprint density at radius 2 is 1.54 bits per heavy atom. The summed E-state index contributed by atoms with van der Waals surface area (Å²) in [6.07, 6.45) is 5.51. The minimum atomic E-state index is -0.518. The number of hydrogen-bond acceptors (Lipinski definition) is 4. The van der Waals surface area contributed by atoms with Crippen molar-refractivity contribution in [3.63, 3.8) is 0 Å². The lowest BCUT2D eigenvalue weighted by Gasteiger charge is -2.22. The van der Waals surface area contributed by atoms with Gasteiger partial charge in [-0.2, -0.15) is 0 Å². The Morgan fingerprint density at radius 1 is 0.885 bits per heavy atom. The topological polar surface area (TPSA) is 64.6 Å². The van der Waals surface area contributed by atoms with Gasteiger partial charge in [0.15, 0.2) is 6.61 Å². The molecule has 0 unspecified atom stereocenters. The van der Waals surface area contributed by atoms with E-state index < -0.39 is 5.97 Å². The van der Waals surface area contributed by atoms with Gasteiger partial charge in [-0.05, 0) is 49.2 Å². The van der Waals surface area contributed by atoms with Crippen molar-refractivity contribution in [2.24, 2.45) is 0 Å². The first-order valence-corrected chi connectivity index (χ1v) is 9.00. The molecule has 0 spiro atoms. The number of amides is 1. The summed E-state index contributed by atoms with van der Waals surface area (Å²) in [4.78, 5) is 24.0. The van der Waals surface area contributed by atoms with Crippen molar-refractivity contribution in [2.75, 3.05) is 6.61 Å². The monoisotopic (exact) mass is 353 g/mol. The molecule has 1 N–H and O–H groups in total. The van der Waals surface area contributed by atoms with Crippen molar-refractivity contribution in [1.82, 2.24) is 5.32 Å². The van der Waals surface area contributed by atoms with E-state index in [0.29, 0.717) is 11.3 Å². The average molecular weight is 353 g/mol. The van der Waals surface area contributed by atoms with E-state index >= 15 is 0 Å². The van der Waals surface area contributed by atoms with Gasteiger partial charge in [0, 0.05) is 6.04 Å². The highest BCUT2D eigenvalue weighted by molar-refractivity contribution is 5.91. The Labute approximate surface area is 153 Å². The van der Waals surface area contributed by atoms with Gasteiger partial charge in [-0.15, -0.1) is 0 Å². The second kappa shape index (κ2) is 9.04. The van der Waals surface area contributed by atoms with Crippen molar-refractivity contribution in [3.8, 4) is 11.5 Å². The quantitative estimate of drug-likeness (QED) is 0.795. The van der Waals surface area contributed by atoms with Crippen LogP contribution < -0.4 is 10.1 Å². The molecule has 1 amide bonds. The van der Waals surface area contributed by atoms with Crippen LogP contribution in [0.1, 0.15) is 42.5 Å². The second-order valence-corrected chi connectivity index (χ2v) is 6.42. The number of nitrogens with one attached hydrogen (secondary N) is 1. The highest BCUT2D eigenvalue weighted by atomic mass is 16.5. The molecular weight excluding hydrogens is 330 g/mol. The molecule has 3 rings (SSSR count). The summed E-state index contributed by atoms with van der Waals surface area (Å²) in [6, 6.07) is 16.3. The number of esters is 1. The number of carbonyl (C=O) groups excluding carboxylic acids is 2. The van der Waals surface area contributed by atoms with E-state index in [9.17, 15) is 9.59 Å². The lowest BCUT2D eigenvalue weighted by atomic mass is 9.95. The predicted octanol–water partition coefficient (Wildman–Crippen LogP) is 4.08. The number of hydrogen-bond donors (Lipinski definition) is 1. The Morgan fingerprint density at radius 3 is 2.23 bits per heavy atom. The van der Waals surface area contributed by atoms with Crippen molar-refractivity contribution >= 4 is 11.9 Å². The fraction of sp³-hybridized carbons (Fsp3) is 0.333. The lowest BCUT2D eigenvalue weighted by molar-refractivity contribution is -0.125. The average Bonchev–Trinajstić information content (AvgIpc) is 2.68. The fourth-order valence-corrected chi connectivity index (χ4v) is 3.01. The molecule has 136 valence electrons. The minimum absolute atomic E-state index is 0.212. The summed E-state index contributed by atoms with van der Waals surface area (Å²) in [5.74, 6) is 0.592. The first-order chi connectivity index (χ1) is 12.7. The lowest BCUT2D eigenvalue weighted by Crippen LogP contribution is -2.38. The molecule has 0 aromatic heterocycles. The van der Waals surface area contributed by atoms with Crippen LogP contribution in [0.25, 0.3) is 0 Å². The van der Waals surface area contributed by atoms with E-state index in [4.69, 9.17) is 9.47 Å². The first-order valence-electron chi connectivity index (χ1n) is 9.00. The molecule has 26 heavy (non-hydrogen) atoms. The van der Waals surface area contributed by atoms with Crippen LogP contribution in [0.2, 0.25) is 0 Å². The SMILES string of the molecule is O=C(COC(=O)c1ccc(Oc2ccccc2)cc1)NC1CCCCC1. The molecule has 0 heterocycles. The maximum Gasteiger partial charge on any atom is 0.338 e. The van der Waals surface area contributed by atoms with E-state index in [2.05, 4.69) is 5.32 Å². The molecule has 0 atom stereocenters. The molecule has 2 aromatic carbocycles. The standard InChI is InChI=1S/C21H23NO4/c23-20(22-17-7-3-1-4-8-17)15-25-21(24)16-11-13-19(14-12-16)26-18-9-5-2-6-10-18/h2,5-6,9-14,17H,1,3-4,7-8,15H2,(H,22,23). The smallest absolute Gasteiger partial charge is 0.338 e. The molecule has 1 aliphatic carbocycles. The van der Waals surface area contributed by atoms with Gasteiger partial charge in [-0.3, -0.25) is 4.79 Å². The van der Waals surface area contributed by atoms with Crippen LogP contribution in [0.3, 0.4) is 0 Å². The van der Waals surface area contributed by atoms with Crippen molar-refractivity contribution in [2.45, 2.75) is 38.1 Å².